The molecular weight excluding hydrogens is 452 g/mol. The first-order valence-corrected chi connectivity index (χ1v) is 11.9. The minimum Gasteiger partial charge on any atom is -0.262 e. The van der Waals surface area contributed by atoms with E-state index in [1.54, 1.807) is 12.1 Å². The predicted molar refractivity (Wildman–Crippen MR) is 130 cm³/mol. The van der Waals surface area contributed by atoms with Crippen LogP contribution in [-0.4, -0.2) is 23.3 Å². The van der Waals surface area contributed by atoms with Gasteiger partial charge in [-0.1, -0.05) is 54.6 Å². The van der Waals surface area contributed by atoms with Gasteiger partial charge in [0.05, 0.1) is 26.5 Å². The van der Waals surface area contributed by atoms with Crippen LogP contribution < -0.4 is 4.72 Å². The van der Waals surface area contributed by atoms with Crippen LogP contribution in [0.5, 0.6) is 0 Å². The van der Waals surface area contributed by atoms with E-state index in [0.717, 1.165) is 28.5 Å². The molecule has 168 valence electrons. The number of non-ortho nitro benzene ring substituents is 1. The molecule has 0 saturated heterocycles. The molecular formula is C25H18N4O4S. The van der Waals surface area contributed by atoms with Crippen LogP contribution in [0.2, 0.25) is 0 Å². The molecule has 5 rings (SSSR count). The van der Waals surface area contributed by atoms with Crippen molar-refractivity contribution < 1.29 is 13.3 Å². The molecule has 0 saturated carbocycles. The molecule has 0 aliphatic rings. The summed E-state index contributed by atoms with van der Waals surface area (Å²) in [5, 5.41) is 13.0. The molecule has 0 atom stereocenters. The Morgan fingerprint density at radius 3 is 2.18 bits per heavy atom. The predicted octanol–water partition coefficient (Wildman–Crippen LogP) is 5.08. The summed E-state index contributed by atoms with van der Waals surface area (Å²) in [7, 11) is -4.06. The average molecular weight is 471 g/mol. The number of nitrogens with one attached hydrogen (secondary N) is 1. The van der Waals surface area contributed by atoms with E-state index in [2.05, 4.69) is 9.71 Å². The number of anilines is 1. The largest absolute Gasteiger partial charge is 0.269 e. The number of aromatic nitrogens is 2. The van der Waals surface area contributed by atoms with Crippen molar-refractivity contribution in [2.75, 3.05) is 4.72 Å². The maximum Gasteiger partial charge on any atom is 0.269 e. The Hall–Kier alpha value is -4.37. The van der Waals surface area contributed by atoms with Crippen LogP contribution in [0.15, 0.2) is 95.9 Å². The number of rotatable bonds is 6. The van der Waals surface area contributed by atoms with Crippen molar-refractivity contribution in [1.82, 2.24) is 9.97 Å². The minimum atomic E-state index is -4.06. The van der Waals surface area contributed by atoms with Crippen molar-refractivity contribution in [3.63, 3.8) is 0 Å². The lowest BCUT2D eigenvalue weighted by Crippen LogP contribution is -2.16. The summed E-state index contributed by atoms with van der Waals surface area (Å²) in [6.45, 7) is 0. The summed E-state index contributed by atoms with van der Waals surface area (Å²) in [5.74, 6) is 0.116. The number of para-hydroxylation sites is 2. The third-order valence-electron chi connectivity index (χ3n) is 5.47. The number of fused-ring (bicyclic) bond motifs is 2. The second-order valence-corrected chi connectivity index (χ2v) is 9.36. The molecule has 0 unspecified atom stereocenters. The Morgan fingerprint density at radius 2 is 1.44 bits per heavy atom. The zero-order valence-corrected chi connectivity index (χ0v) is 18.6. The van der Waals surface area contributed by atoms with E-state index in [1.165, 1.54) is 12.1 Å². The van der Waals surface area contributed by atoms with Gasteiger partial charge in [0.15, 0.2) is 5.82 Å². The smallest absolute Gasteiger partial charge is 0.262 e. The topological polar surface area (TPSA) is 115 Å². The monoisotopic (exact) mass is 470 g/mol. The Bertz CT molecular complexity index is 1650. The molecule has 34 heavy (non-hydrogen) atoms. The van der Waals surface area contributed by atoms with E-state index in [4.69, 9.17) is 4.98 Å². The van der Waals surface area contributed by atoms with Crippen molar-refractivity contribution >= 4 is 43.3 Å². The highest BCUT2D eigenvalue weighted by Crippen LogP contribution is 2.26. The molecule has 0 fully saturated rings. The molecule has 0 aliphatic carbocycles. The highest BCUT2D eigenvalue weighted by molar-refractivity contribution is 7.92. The van der Waals surface area contributed by atoms with Gasteiger partial charge >= 0.3 is 0 Å². The summed E-state index contributed by atoms with van der Waals surface area (Å²) >= 11 is 0. The van der Waals surface area contributed by atoms with Crippen molar-refractivity contribution in [2.24, 2.45) is 0 Å². The van der Waals surface area contributed by atoms with Gasteiger partial charge < -0.3 is 0 Å². The maximum atomic E-state index is 13.1. The van der Waals surface area contributed by atoms with Gasteiger partial charge in [0.25, 0.3) is 15.7 Å². The summed E-state index contributed by atoms with van der Waals surface area (Å²) in [5.41, 5.74) is 2.46. The van der Waals surface area contributed by atoms with Gasteiger partial charge in [-0.3, -0.25) is 14.8 Å². The lowest BCUT2D eigenvalue weighted by Gasteiger charge is -2.13. The van der Waals surface area contributed by atoms with Gasteiger partial charge in [0.1, 0.15) is 0 Å². The number of benzene rings is 4. The number of sulfonamides is 1. The second-order valence-electron chi connectivity index (χ2n) is 7.68. The van der Waals surface area contributed by atoms with Crippen LogP contribution >= 0.6 is 0 Å². The number of hydrogen-bond donors (Lipinski definition) is 1. The Labute approximate surface area is 195 Å². The lowest BCUT2D eigenvalue weighted by atomic mass is 10.0. The highest BCUT2D eigenvalue weighted by atomic mass is 32.2. The lowest BCUT2D eigenvalue weighted by molar-refractivity contribution is -0.384. The van der Waals surface area contributed by atoms with Gasteiger partial charge in [0.2, 0.25) is 0 Å². The van der Waals surface area contributed by atoms with E-state index >= 15 is 0 Å². The highest BCUT2D eigenvalue weighted by Gasteiger charge is 2.20. The van der Waals surface area contributed by atoms with Gasteiger partial charge in [-0.25, -0.2) is 18.4 Å². The van der Waals surface area contributed by atoms with E-state index in [1.807, 2.05) is 54.6 Å². The molecule has 8 nitrogen and oxygen atoms in total. The molecule has 0 aliphatic heterocycles. The van der Waals surface area contributed by atoms with Gasteiger partial charge in [-0.05, 0) is 40.6 Å². The zero-order valence-electron chi connectivity index (χ0n) is 17.8. The van der Waals surface area contributed by atoms with Crippen molar-refractivity contribution in [2.45, 2.75) is 11.3 Å². The molecule has 4 aromatic carbocycles. The zero-order chi connectivity index (χ0) is 23.7. The third kappa shape index (κ3) is 4.16. The first kappa shape index (κ1) is 21.5. The number of nitrogens with zero attached hydrogens (tertiary/aromatic N) is 3. The molecule has 0 amide bonds. The Balaban J connectivity index is 1.58. The second kappa shape index (κ2) is 8.53. The van der Waals surface area contributed by atoms with Crippen LogP contribution in [0.25, 0.3) is 21.8 Å². The summed E-state index contributed by atoms with van der Waals surface area (Å²) in [6.07, 6.45) is 0.358. The first-order valence-electron chi connectivity index (χ1n) is 10.4. The van der Waals surface area contributed by atoms with Crippen molar-refractivity contribution in [3.05, 3.63) is 112 Å². The molecule has 0 bridgehead atoms. The third-order valence-corrected chi connectivity index (χ3v) is 6.82. The summed E-state index contributed by atoms with van der Waals surface area (Å²) in [6, 6.07) is 25.8. The number of nitro benzene ring substituents is 1. The Morgan fingerprint density at radius 1 is 0.794 bits per heavy atom. The fraction of sp³-hybridized carbons (Fsp3) is 0.0400. The molecule has 0 radical (unpaired) electrons. The molecule has 1 heterocycles. The van der Waals surface area contributed by atoms with Gasteiger partial charge in [-0.15, -0.1) is 0 Å². The van der Waals surface area contributed by atoms with E-state index < -0.39 is 14.9 Å². The minimum absolute atomic E-state index is 0.107. The van der Waals surface area contributed by atoms with Gasteiger partial charge in [0, 0.05) is 18.6 Å². The van der Waals surface area contributed by atoms with Crippen LogP contribution in [0.4, 0.5) is 11.5 Å². The Kier molecular flexibility index (Phi) is 5.39. The summed E-state index contributed by atoms with van der Waals surface area (Å²) < 4.78 is 28.7. The van der Waals surface area contributed by atoms with Crippen LogP contribution in [0, 0.1) is 10.1 Å². The normalized spacial score (nSPS) is 11.5. The SMILES string of the molecule is O=[N+]([O-])c1ccc(S(=O)(=O)Nc2nc3ccccc3nc2Cc2cccc3ccccc23)cc1. The van der Waals surface area contributed by atoms with E-state index in [-0.39, 0.29) is 16.4 Å². The molecule has 1 N–H and O–H groups in total. The quantitative estimate of drug-likeness (QED) is 0.273. The van der Waals surface area contributed by atoms with E-state index in [0.29, 0.717) is 23.1 Å². The maximum absolute atomic E-state index is 13.1. The van der Waals surface area contributed by atoms with E-state index in [9.17, 15) is 18.5 Å². The van der Waals surface area contributed by atoms with Gasteiger partial charge in [-0.2, -0.15) is 0 Å². The number of hydrogen-bond acceptors (Lipinski definition) is 6. The van der Waals surface area contributed by atoms with Crippen LogP contribution in [-0.2, 0) is 16.4 Å². The first-order chi connectivity index (χ1) is 16.4. The van der Waals surface area contributed by atoms with Crippen molar-refractivity contribution in [3.8, 4) is 0 Å². The molecule has 5 aromatic rings. The number of nitro groups is 1. The fourth-order valence-corrected chi connectivity index (χ4v) is 4.83. The average Bonchev–Trinajstić information content (AvgIpc) is 2.84. The van der Waals surface area contributed by atoms with Crippen LogP contribution in [0.1, 0.15) is 11.3 Å². The summed E-state index contributed by atoms with van der Waals surface area (Å²) in [4.78, 5) is 19.5. The van der Waals surface area contributed by atoms with Crippen molar-refractivity contribution in [1.29, 1.82) is 0 Å². The fourth-order valence-electron chi connectivity index (χ4n) is 3.80. The molecule has 9 heteroatoms. The molecule has 0 spiro atoms. The molecule has 1 aromatic heterocycles. The standard InChI is InChI=1S/C25H18N4O4S/c30-29(31)19-12-14-20(15-13-19)34(32,33)28-25-24(26-22-10-3-4-11-23(22)27-25)16-18-8-5-7-17-6-1-2-9-21(17)18/h1-15H,16H2,(H,27,28). The van der Waals surface area contributed by atoms with Crippen LogP contribution in [0.3, 0.4) is 0 Å².